The third kappa shape index (κ3) is 3.95. The first-order chi connectivity index (χ1) is 14.7. The van der Waals surface area contributed by atoms with Gasteiger partial charge in [0.05, 0.1) is 24.6 Å². The molecule has 4 rings (SSSR count). The third-order valence-electron chi connectivity index (χ3n) is 4.60. The zero-order valence-electron chi connectivity index (χ0n) is 16.1. The van der Waals surface area contributed by atoms with E-state index in [4.69, 9.17) is 0 Å². The van der Waals surface area contributed by atoms with Crippen LogP contribution in [0.2, 0.25) is 0 Å². The maximum atomic E-state index is 12.4. The Kier molecular flexibility index (Phi) is 5.34. The second-order valence-electron chi connectivity index (χ2n) is 6.51. The largest absolute Gasteiger partial charge is 0.465 e. The number of aromatic amines is 1. The van der Waals surface area contributed by atoms with Crippen molar-refractivity contribution >= 4 is 28.9 Å². The van der Waals surface area contributed by atoms with Crippen molar-refractivity contribution in [1.29, 1.82) is 0 Å². The Balaban J connectivity index is 1.45. The monoisotopic (exact) mass is 398 g/mol. The van der Waals surface area contributed by atoms with Gasteiger partial charge in [0.2, 0.25) is 0 Å². The molecule has 1 amide bonds. The van der Waals surface area contributed by atoms with Gasteiger partial charge in [0, 0.05) is 5.56 Å². The predicted octanol–water partition coefficient (Wildman–Crippen LogP) is 3.78. The summed E-state index contributed by atoms with van der Waals surface area (Å²) in [5.41, 5.74) is 5.56. The van der Waals surface area contributed by atoms with Gasteiger partial charge in [-0.2, -0.15) is 10.2 Å². The van der Waals surface area contributed by atoms with Crippen molar-refractivity contribution in [3.63, 3.8) is 0 Å². The lowest BCUT2D eigenvalue weighted by Crippen LogP contribution is -2.18. The number of methoxy groups -OCH3 is 1. The van der Waals surface area contributed by atoms with Gasteiger partial charge in [-0.25, -0.2) is 10.2 Å². The maximum absolute atomic E-state index is 12.4. The Labute approximate surface area is 172 Å². The van der Waals surface area contributed by atoms with Crippen LogP contribution in [-0.2, 0) is 4.74 Å². The van der Waals surface area contributed by atoms with Crippen molar-refractivity contribution < 1.29 is 14.3 Å². The van der Waals surface area contributed by atoms with E-state index in [0.29, 0.717) is 17.0 Å². The number of nitrogens with one attached hydrogen (secondary N) is 2. The number of fused-ring (bicyclic) bond motifs is 1. The number of carbonyl (C=O) groups excluding carboxylic acids is 2. The fourth-order valence-corrected chi connectivity index (χ4v) is 3.07. The summed E-state index contributed by atoms with van der Waals surface area (Å²) < 4.78 is 4.66. The van der Waals surface area contributed by atoms with E-state index >= 15 is 0 Å². The summed E-state index contributed by atoms with van der Waals surface area (Å²) in [4.78, 5) is 23.8. The molecule has 0 saturated heterocycles. The highest BCUT2D eigenvalue weighted by Crippen LogP contribution is 2.27. The number of ether oxygens (including phenoxy) is 1. The summed E-state index contributed by atoms with van der Waals surface area (Å²) in [6.45, 7) is 0. The van der Waals surface area contributed by atoms with Crippen LogP contribution >= 0.6 is 0 Å². The highest BCUT2D eigenvalue weighted by Gasteiger charge is 2.12. The molecule has 2 N–H and O–H groups in total. The summed E-state index contributed by atoms with van der Waals surface area (Å²) in [6, 6.07) is 22.3. The van der Waals surface area contributed by atoms with Crippen LogP contribution in [0.25, 0.3) is 22.0 Å². The quantitative estimate of drug-likeness (QED) is 0.304. The van der Waals surface area contributed by atoms with Gasteiger partial charge < -0.3 is 4.74 Å². The van der Waals surface area contributed by atoms with Gasteiger partial charge in [0.25, 0.3) is 5.91 Å². The van der Waals surface area contributed by atoms with Gasteiger partial charge in [0.15, 0.2) is 0 Å². The number of esters is 1. The van der Waals surface area contributed by atoms with Crippen molar-refractivity contribution in [2.45, 2.75) is 0 Å². The average Bonchev–Trinajstić information content (AvgIpc) is 3.29. The Morgan fingerprint density at radius 3 is 2.60 bits per heavy atom. The molecular formula is C23H18N4O3. The summed E-state index contributed by atoms with van der Waals surface area (Å²) >= 11 is 0. The van der Waals surface area contributed by atoms with Gasteiger partial charge in [0.1, 0.15) is 5.69 Å². The molecule has 0 unspecified atom stereocenters. The van der Waals surface area contributed by atoms with Crippen LogP contribution in [0.4, 0.5) is 0 Å². The molecule has 3 aromatic carbocycles. The third-order valence-corrected chi connectivity index (χ3v) is 4.60. The molecular weight excluding hydrogens is 380 g/mol. The minimum absolute atomic E-state index is 0.302. The molecule has 0 aliphatic carbocycles. The van der Waals surface area contributed by atoms with Crippen LogP contribution in [-0.4, -0.2) is 35.4 Å². The summed E-state index contributed by atoms with van der Waals surface area (Å²) in [5.74, 6) is -0.815. The highest BCUT2D eigenvalue weighted by molar-refractivity contribution is 5.98. The van der Waals surface area contributed by atoms with Crippen LogP contribution in [0.15, 0.2) is 77.9 Å². The van der Waals surface area contributed by atoms with Crippen LogP contribution in [0.1, 0.15) is 26.4 Å². The Hall–Kier alpha value is -4.26. The zero-order valence-corrected chi connectivity index (χ0v) is 16.1. The summed E-state index contributed by atoms with van der Waals surface area (Å²) in [6.07, 6.45) is 1.49. The van der Waals surface area contributed by atoms with Gasteiger partial charge in [-0.3, -0.25) is 9.89 Å². The minimum Gasteiger partial charge on any atom is -0.465 e. The van der Waals surface area contributed by atoms with Gasteiger partial charge in [-0.1, -0.05) is 54.6 Å². The van der Waals surface area contributed by atoms with Crippen molar-refractivity contribution in [2.75, 3.05) is 7.11 Å². The van der Waals surface area contributed by atoms with Gasteiger partial charge in [-0.15, -0.1) is 0 Å². The van der Waals surface area contributed by atoms with E-state index in [0.717, 1.165) is 21.9 Å². The van der Waals surface area contributed by atoms with E-state index in [1.54, 1.807) is 30.3 Å². The lowest BCUT2D eigenvalue weighted by molar-refractivity contribution is 0.0600. The van der Waals surface area contributed by atoms with Crippen molar-refractivity contribution in [3.05, 3.63) is 89.6 Å². The first kappa shape index (κ1) is 19.1. The van der Waals surface area contributed by atoms with Gasteiger partial charge in [-0.05, 0) is 34.5 Å². The fraction of sp³-hybridized carbons (Fsp3) is 0.0435. The second kappa shape index (κ2) is 8.40. The molecule has 1 aromatic heterocycles. The number of amides is 1. The van der Waals surface area contributed by atoms with Crippen LogP contribution in [0, 0.1) is 0 Å². The molecule has 0 bridgehead atoms. The summed E-state index contributed by atoms with van der Waals surface area (Å²) in [7, 11) is 1.33. The summed E-state index contributed by atoms with van der Waals surface area (Å²) in [5, 5.41) is 13.2. The van der Waals surface area contributed by atoms with E-state index in [1.807, 2.05) is 42.5 Å². The van der Waals surface area contributed by atoms with Crippen LogP contribution < -0.4 is 5.43 Å². The molecule has 0 radical (unpaired) electrons. The van der Waals surface area contributed by atoms with E-state index in [-0.39, 0.29) is 0 Å². The SMILES string of the molecule is COC(=O)c1ccc(/C=N/NC(=O)c2cc(-c3cccc4ccccc34)n[nH]2)cc1. The lowest BCUT2D eigenvalue weighted by atomic mass is 10.0. The number of H-pyrrole nitrogens is 1. The Morgan fingerprint density at radius 2 is 1.80 bits per heavy atom. The molecule has 0 aliphatic heterocycles. The molecule has 30 heavy (non-hydrogen) atoms. The van der Waals surface area contributed by atoms with Crippen molar-refractivity contribution in [2.24, 2.45) is 5.10 Å². The molecule has 0 atom stereocenters. The molecule has 0 saturated carbocycles. The van der Waals surface area contributed by atoms with E-state index in [1.165, 1.54) is 13.3 Å². The highest BCUT2D eigenvalue weighted by atomic mass is 16.5. The van der Waals surface area contributed by atoms with Crippen molar-refractivity contribution in [1.82, 2.24) is 15.6 Å². The first-order valence-electron chi connectivity index (χ1n) is 9.21. The smallest absolute Gasteiger partial charge is 0.337 e. The van der Waals surface area contributed by atoms with Crippen LogP contribution in [0.3, 0.4) is 0 Å². The van der Waals surface area contributed by atoms with Crippen molar-refractivity contribution in [3.8, 4) is 11.3 Å². The molecule has 7 nitrogen and oxygen atoms in total. The number of rotatable bonds is 5. The topological polar surface area (TPSA) is 96.4 Å². The van der Waals surface area contributed by atoms with Gasteiger partial charge >= 0.3 is 5.97 Å². The Morgan fingerprint density at radius 1 is 1.03 bits per heavy atom. The number of aromatic nitrogens is 2. The van der Waals surface area contributed by atoms with E-state index in [2.05, 4.69) is 25.5 Å². The molecule has 0 fully saturated rings. The molecule has 4 aromatic rings. The molecule has 1 heterocycles. The Bertz CT molecular complexity index is 1240. The minimum atomic E-state index is -0.409. The number of hydrogen-bond acceptors (Lipinski definition) is 5. The molecule has 7 heteroatoms. The standard InChI is InChI=1S/C23H18N4O3/c1-30-23(29)17-11-9-15(10-12-17)14-24-27-22(28)21-13-20(25-26-21)19-8-4-6-16-5-2-3-7-18(16)19/h2-14H,1H3,(H,25,26)(H,27,28)/b24-14+. The molecule has 148 valence electrons. The number of hydrazone groups is 1. The number of carbonyl (C=O) groups is 2. The maximum Gasteiger partial charge on any atom is 0.337 e. The average molecular weight is 398 g/mol. The molecule has 0 aliphatic rings. The normalized spacial score (nSPS) is 11.0. The second-order valence-corrected chi connectivity index (χ2v) is 6.51. The number of hydrogen-bond donors (Lipinski definition) is 2. The first-order valence-corrected chi connectivity index (χ1v) is 9.21. The number of benzene rings is 3. The predicted molar refractivity (Wildman–Crippen MR) is 114 cm³/mol. The van der Waals surface area contributed by atoms with Crippen LogP contribution in [0.5, 0.6) is 0 Å². The lowest BCUT2D eigenvalue weighted by Gasteiger charge is -2.02. The van der Waals surface area contributed by atoms with E-state index in [9.17, 15) is 9.59 Å². The zero-order chi connectivity index (χ0) is 20.9. The van der Waals surface area contributed by atoms with E-state index < -0.39 is 11.9 Å². The fourth-order valence-electron chi connectivity index (χ4n) is 3.07. The number of nitrogens with zero attached hydrogens (tertiary/aromatic N) is 2. The molecule has 0 spiro atoms.